The van der Waals surface area contributed by atoms with E-state index in [1.807, 2.05) is 6.07 Å². The van der Waals surface area contributed by atoms with Crippen molar-refractivity contribution in [1.29, 1.82) is 0 Å². The highest BCUT2D eigenvalue weighted by atomic mass is 35.5. The van der Waals surface area contributed by atoms with E-state index in [1.165, 1.54) is 18.0 Å². The lowest BCUT2D eigenvalue weighted by atomic mass is 10.1. The topological polar surface area (TPSA) is 100 Å². The Morgan fingerprint density at radius 1 is 0.850 bits per heavy atom. The van der Waals surface area contributed by atoms with Crippen molar-refractivity contribution in [2.45, 2.75) is 17.1 Å². The molecule has 0 fully saturated rings. The van der Waals surface area contributed by atoms with Crippen molar-refractivity contribution >= 4 is 70.3 Å². The molecule has 0 aliphatic carbocycles. The summed E-state index contributed by atoms with van der Waals surface area (Å²) in [6, 6.07) is 25.9. The van der Waals surface area contributed by atoms with Crippen molar-refractivity contribution < 1.29 is 14.4 Å². The molecule has 0 aliphatic rings. The first kappa shape index (κ1) is 28.9. The summed E-state index contributed by atoms with van der Waals surface area (Å²) in [6.45, 7) is 1.77. The summed E-state index contributed by atoms with van der Waals surface area (Å²) in [5.74, 6) is -0.761. The Hall–Kier alpha value is -4.11. The summed E-state index contributed by atoms with van der Waals surface area (Å²) in [7, 11) is 0. The quantitative estimate of drug-likeness (QED) is 0.145. The van der Waals surface area contributed by atoms with Crippen LogP contribution < -0.4 is 16.0 Å². The third-order valence-corrected chi connectivity index (χ3v) is 7.03. The molecule has 1 unspecified atom stereocenters. The van der Waals surface area contributed by atoms with Crippen LogP contribution in [0.1, 0.15) is 22.8 Å². The molecule has 7 nitrogen and oxygen atoms in total. The number of carbonyl (C=O) groups is 3. The molecule has 1 aromatic heterocycles. The van der Waals surface area contributed by atoms with E-state index >= 15 is 0 Å². The molecule has 1 heterocycles. The molecular weight excluding hydrogens is 567 g/mol. The molecule has 0 aliphatic heterocycles. The Bertz CT molecular complexity index is 1530. The standard InChI is InChI=1S/C30H24Cl2N4O3S/c1-19(28(37)36-27-15-14-23(32)18-33-27)40-25-9-5-8-24(17-25)34-30(39)26(16-20-10-12-22(31)13-11-20)35-29(38)21-6-3-2-4-7-21/h2-19H,1H3,(H,34,39)(H,35,38)(H,33,36,37)/b26-16-. The van der Waals surface area contributed by atoms with Gasteiger partial charge in [0, 0.05) is 27.4 Å². The van der Waals surface area contributed by atoms with Crippen LogP contribution in [-0.2, 0) is 9.59 Å². The number of hydrogen-bond donors (Lipinski definition) is 3. The molecule has 1 atom stereocenters. The van der Waals surface area contributed by atoms with Crippen molar-refractivity contribution in [2.24, 2.45) is 0 Å². The fourth-order valence-corrected chi connectivity index (χ4v) is 4.61. The van der Waals surface area contributed by atoms with E-state index in [4.69, 9.17) is 23.2 Å². The number of hydrogen-bond acceptors (Lipinski definition) is 5. The zero-order chi connectivity index (χ0) is 28.5. The van der Waals surface area contributed by atoms with Gasteiger partial charge in [-0.2, -0.15) is 0 Å². The van der Waals surface area contributed by atoms with E-state index in [9.17, 15) is 14.4 Å². The van der Waals surface area contributed by atoms with Crippen LogP contribution in [0.4, 0.5) is 11.5 Å². The van der Waals surface area contributed by atoms with E-state index in [0.29, 0.717) is 32.7 Å². The molecule has 3 amide bonds. The van der Waals surface area contributed by atoms with Gasteiger partial charge in [-0.25, -0.2) is 4.98 Å². The number of nitrogens with zero attached hydrogens (tertiary/aromatic N) is 1. The Morgan fingerprint density at radius 2 is 1.57 bits per heavy atom. The molecule has 4 rings (SSSR count). The number of halogens is 2. The summed E-state index contributed by atoms with van der Waals surface area (Å²) in [6.07, 6.45) is 3.03. The summed E-state index contributed by atoms with van der Waals surface area (Å²) < 4.78 is 0. The first-order chi connectivity index (χ1) is 19.3. The number of aromatic nitrogens is 1. The summed E-state index contributed by atoms with van der Waals surface area (Å²) in [5.41, 5.74) is 1.65. The van der Waals surface area contributed by atoms with Gasteiger partial charge in [-0.15, -0.1) is 11.8 Å². The maximum Gasteiger partial charge on any atom is 0.272 e. The van der Waals surface area contributed by atoms with E-state index in [1.54, 1.807) is 97.9 Å². The van der Waals surface area contributed by atoms with Crippen molar-refractivity contribution in [3.63, 3.8) is 0 Å². The third kappa shape index (κ3) is 8.44. The Morgan fingerprint density at radius 3 is 2.27 bits per heavy atom. The smallest absolute Gasteiger partial charge is 0.272 e. The van der Waals surface area contributed by atoms with E-state index in [2.05, 4.69) is 20.9 Å². The second-order valence-electron chi connectivity index (χ2n) is 8.52. The lowest BCUT2D eigenvalue weighted by Crippen LogP contribution is -2.30. The van der Waals surface area contributed by atoms with Crippen molar-refractivity contribution in [2.75, 3.05) is 10.6 Å². The number of carbonyl (C=O) groups excluding carboxylic acids is 3. The van der Waals surface area contributed by atoms with Gasteiger partial charge in [-0.1, -0.05) is 59.6 Å². The maximum absolute atomic E-state index is 13.3. The van der Waals surface area contributed by atoms with Crippen LogP contribution in [0.15, 0.2) is 108 Å². The van der Waals surface area contributed by atoms with Gasteiger partial charge in [0.25, 0.3) is 11.8 Å². The second-order valence-corrected chi connectivity index (χ2v) is 10.8. The molecule has 0 saturated carbocycles. The average Bonchev–Trinajstić information content (AvgIpc) is 2.95. The number of thioether (sulfide) groups is 1. The molecule has 0 spiro atoms. The molecule has 4 aromatic rings. The minimum absolute atomic E-state index is 0.0532. The van der Waals surface area contributed by atoms with Crippen molar-refractivity contribution in [3.8, 4) is 0 Å². The van der Waals surface area contributed by atoms with E-state index in [0.717, 1.165) is 4.90 Å². The number of amides is 3. The van der Waals surface area contributed by atoms with Gasteiger partial charge in [0.15, 0.2) is 0 Å². The molecule has 3 N–H and O–H groups in total. The highest BCUT2D eigenvalue weighted by Gasteiger charge is 2.17. The Labute approximate surface area is 246 Å². The van der Waals surface area contributed by atoms with Gasteiger partial charge < -0.3 is 16.0 Å². The highest BCUT2D eigenvalue weighted by molar-refractivity contribution is 8.00. The first-order valence-electron chi connectivity index (χ1n) is 12.1. The molecule has 3 aromatic carbocycles. The molecule has 10 heteroatoms. The first-order valence-corrected chi connectivity index (χ1v) is 13.7. The van der Waals surface area contributed by atoms with E-state index in [-0.39, 0.29) is 11.6 Å². The number of rotatable bonds is 9. The fourth-order valence-electron chi connectivity index (χ4n) is 3.45. The molecule has 40 heavy (non-hydrogen) atoms. The lowest BCUT2D eigenvalue weighted by molar-refractivity contribution is -0.115. The van der Waals surface area contributed by atoms with Crippen LogP contribution in [0, 0.1) is 0 Å². The zero-order valence-electron chi connectivity index (χ0n) is 21.2. The molecule has 0 saturated heterocycles. The van der Waals surface area contributed by atoms with Crippen LogP contribution in [-0.4, -0.2) is 28.0 Å². The van der Waals surface area contributed by atoms with Crippen LogP contribution in [0.3, 0.4) is 0 Å². The van der Waals surface area contributed by atoms with Gasteiger partial charge in [-0.3, -0.25) is 14.4 Å². The van der Waals surface area contributed by atoms with Crippen LogP contribution in [0.2, 0.25) is 10.0 Å². The van der Waals surface area contributed by atoms with Crippen LogP contribution in [0.25, 0.3) is 6.08 Å². The maximum atomic E-state index is 13.3. The molecule has 0 radical (unpaired) electrons. The molecular formula is C30H24Cl2N4O3S. The van der Waals surface area contributed by atoms with Gasteiger partial charge >= 0.3 is 0 Å². The minimum Gasteiger partial charge on any atom is -0.321 e. The summed E-state index contributed by atoms with van der Waals surface area (Å²) in [4.78, 5) is 43.6. The van der Waals surface area contributed by atoms with Crippen molar-refractivity contribution in [3.05, 3.63) is 124 Å². The largest absolute Gasteiger partial charge is 0.321 e. The predicted molar refractivity (Wildman–Crippen MR) is 162 cm³/mol. The van der Waals surface area contributed by atoms with Gasteiger partial charge in [0.1, 0.15) is 11.5 Å². The number of benzene rings is 3. The Kier molecular flexibility index (Phi) is 9.96. The SMILES string of the molecule is CC(Sc1cccc(NC(=O)/C(=C/c2ccc(Cl)cc2)NC(=O)c2ccccc2)c1)C(=O)Nc1ccc(Cl)cn1. The van der Waals surface area contributed by atoms with Gasteiger partial charge in [-0.05, 0) is 73.2 Å². The number of pyridine rings is 1. The normalized spacial score (nSPS) is 11.8. The zero-order valence-corrected chi connectivity index (χ0v) is 23.6. The third-order valence-electron chi connectivity index (χ3n) is 5.46. The lowest BCUT2D eigenvalue weighted by Gasteiger charge is -2.14. The van der Waals surface area contributed by atoms with Gasteiger partial charge in [0.05, 0.1) is 10.3 Å². The highest BCUT2D eigenvalue weighted by Crippen LogP contribution is 2.27. The number of anilines is 2. The minimum atomic E-state index is -0.513. The number of nitrogens with one attached hydrogen (secondary N) is 3. The fraction of sp³-hybridized carbons (Fsp3) is 0.0667. The van der Waals surface area contributed by atoms with E-state index < -0.39 is 17.1 Å². The average molecular weight is 592 g/mol. The predicted octanol–water partition coefficient (Wildman–Crippen LogP) is 6.92. The van der Waals surface area contributed by atoms with Crippen molar-refractivity contribution in [1.82, 2.24) is 10.3 Å². The molecule has 0 bridgehead atoms. The Balaban J connectivity index is 1.47. The summed E-state index contributed by atoms with van der Waals surface area (Å²) >= 11 is 13.2. The monoisotopic (exact) mass is 590 g/mol. The van der Waals surface area contributed by atoms with Gasteiger partial charge in [0.2, 0.25) is 5.91 Å². The molecule has 202 valence electrons. The van der Waals surface area contributed by atoms with Crippen LogP contribution in [0.5, 0.6) is 0 Å². The van der Waals surface area contributed by atoms with Crippen LogP contribution >= 0.6 is 35.0 Å². The second kappa shape index (κ2) is 13.8. The summed E-state index contributed by atoms with van der Waals surface area (Å²) in [5, 5.41) is 8.88.